The van der Waals surface area contributed by atoms with Gasteiger partial charge >= 0.3 is 5.97 Å². The van der Waals surface area contributed by atoms with Crippen molar-refractivity contribution in [3.8, 4) is 0 Å². The molecule has 1 amide bonds. The van der Waals surface area contributed by atoms with Gasteiger partial charge in [0, 0.05) is 23.9 Å². The number of hydrogen-bond acceptors (Lipinski definition) is 5. The summed E-state index contributed by atoms with van der Waals surface area (Å²) in [6.07, 6.45) is 4.60. The van der Waals surface area contributed by atoms with Crippen LogP contribution in [0.1, 0.15) is 33.6 Å². The molecule has 0 saturated carbocycles. The Labute approximate surface area is 157 Å². The lowest BCUT2D eigenvalue weighted by atomic mass is 10.2. The molecule has 2 N–H and O–H groups in total. The lowest BCUT2D eigenvalue weighted by Crippen LogP contribution is -2.28. The number of carbonyl (C=O) groups is 2. The van der Waals surface area contributed by atoms with Gasteiger partial charge < -0.3 is 20.6 Å². The maximum Gasteiger partial charge on any atom is 0.338 e. The molecule has 1 unspecified atom stereocenters. The number of benzene rings is 1. The summed E-state index contributed by atoms with van der Waals surface area (Å²) in [7, 11) is 0. The summed E-state index contributed by atoms with van der Waals surface area (Å²) in [5, 5.41) is 17.0. The second kappa shape index (κ2) is 9.17. The monoisotopic (exact) mass is 377 g/mol. The molecule has 1 saturated heterocycles. The first-order valence-corrected chi connectivity index (χ1v) is 8.12. The Hall–Kier alpha value is -2.64. The molecule has 0 aliphatic carbocycles. The van der Waals surface area contributed by atoms with E-state index in [0.29, 0.717) is 28.2 Å². The van der Waals surface area contributed by atoms with Crippen LogP contribution < -0.4 is 15.4 Å². The van der Waals surface area contributed by atoms with E-state index < -0.39 is 5.97 Å². The highest BCUT2D eigenvalue weighted by molar-refractivity contribution is 6.04. The fraction of sp³-hybridized carbons (Fsp3) is 0.278. The van der Waals surface area contributed by atoms with Crippen LogP contribution in [0, 0.1) is 5.21 Å². The van der Waals surface area contributed by atoms with Crippen molar-refractivity contribution in [1.82, 2.24) is 5.32 Å². The summed E-state index contributed by atoms with van der Waals surface area (Å²) in [5.41, 5.74) is 1.21. The van der Waals surface area contributed by atoms with E-state index in [1.165, 1.54) is 24.5 Å². The van der Waals surface area contributed by atoms with Crippen LogP contribution >= 0.6 is 12.4 Å². The molecule has 0 spiro atoms. The lowest BCUT2D eigenvalue weighted by molar-refractivity contribution is -0.605. The summed E-state index contributed by atoms with van der Waals surface area (Å²) in [6, 6.07) is 9.64. The average Bonchev–Trinajstić information content (AvgIpc) is 3.14. The van der Waals surface area contributed by atoms with Gasteiger partial charge in [-0.2, -0.15) is 4.73 Å². The molecule has 2 aromatic rings. The van der Waals surface area contributed by atoms with Gasteiger partial charge in [-0.1, -0.05) is 6.07 Å². The second-order valence-electron chi connectivity index (χ2n) is 5.87. The molecular formula is C18H20ClN3O4. The van der Waals surface area contributed by atoms with Crippen LogP contribution in [0.5, 0.6) is 0 Å². The molecule has 1 aliphatic heterocycles. The van der Waals surface area contributed by atoms with E-state index in [2.05, 4.69) is 10.6 Å². The molecule has 1 aromatic carbocycles. The first-order valence-electron chi connectivity index (χ1n) is 8.12. The smallest absolute Gasteiger partial charge is 0.338 e. The third kappa shape index (κ3) is 5.18. The van der Waals surface area contributed by atoms with Crippen molar-refractivity contribution >= 4 is 30.0 Å². The number of hydrogen-bond donors (Lipinski definition) is 2. The molecule has 7 nitrogen and oxygen atoms in total. The average molecular weight is 378 g/mol. The van der Waals surface area contributed by atoms with Gasteiger partial charge in [-0.25, -0.2) is 4.79 Å². The van der Waals surface area contributed by atoms with Crippen molar-refractivity contribution in [1.29, 1.82) is 0 Å². The van der Waals surface area contributed by atoms with Gasteiger partial charge in [-0.3, -0.25) is 4.79 Å². The first-order chi connectivity index (χ1) is 12.1. The van der Waals surface area contributed by atoms with E-state index >= 15 is 0 Å². The van der Waals surface area contributed by atoms with Crippen molar-refractivity contribution in [3.63, 3.8) is 0 Å². The highest BCUT2D eigenvalue weighted by Gasteiger charge is 2.17. The third-order valence-corrected chi connectivity index (χ3v) is 4.00. The van der Waals surface area contributed by atoms with E-state index in [1.807, 2.05) is 0 Å². The van der Waals surface area contributed by atoms with Crippen LogP contribution in [-0.4, -0.2) is 31.1 Å². The molecule has 1 fully saturated rings. The number of esters is 1. The van der Waals surface area contributed by atoms with Crippen molar-refractivity contribution in [2.45, 2.75) is 18.9 Å². The Balaban J connectivity index is 0.00000243. The highest BCUT2D eigenvalue weighted by atomic mass is 35.5. The second-order valence-corrected chi connectivity index (χ2v) is 5.87. The van der Waals surface area contributed by atoms with Gasteiger partial charge in [0.15, 0.2) is 12.4 Å². The summed E-state index contributed by atoms with van der Waals surface area (Å²) in [5.74, 6) is -0.779. The Bertz CT molecular complexity index is 761. The number of anilines is 1. The molecule has 2 heterocycles. The minimum absolute atomic E-state index is 0. The zero-order chi connectivity index (χ0) is 17.6. The number of halogens is 1. The number of pyridine rings is 1. The van der Waals surface area contributed by atoms with Gasteiger partial charge in [-0.05, 0) is 37.6 Å². The van der Waals surface area contributed by atoms with Crippen LogP contribution in [0.4, 0.5) is 5.69 Å². The van der Waals surface area contributed by atoms with Crippen molar-refractivity contribution in [2.75, 3.05) is 18.5 Å². The van der Waals surface area contributed by atoms with Crippen molar-refractivity contribution < 1.29 is 19.1 Å². The van der Waals surface area contributed by atoms with Crippen LogP contribution in [-0.2, 0) is 4.74 Å². The lowest BCUT2D eigenvalue weighted by Gasteiger charge is -2.11. The predicted molar refractivity (Wildman–Crippen MR) is 98.4 cm³/mol. The SMILES string of the molecule is Cl.O=C(Nc1cccc(C(=O)OCC2CCCN2)c1)c1cc[n+]([O-])cc1. The predicted octanol–water partition coefficient (Wildman–Crippen LogP) is 1.90. The van der Waals surface area contributed by atoms with E-state index in [4.69, 9.17) is 4.74 Å². The van der Waals surface area contributed by atoms with Gasteiger partial charge in [0.25, 0.3) is 5.91 Å². The fourth-order valence-electron chi connectivity index (χ4n) is 2.65. The number of nitrogens with zero attached hydrogens (tertiary/aromatic N) is 1. The molecule has 8 heteroatoms. The molecular weight excluding hydrogens is 358 g/mol. The van der Waals surface area contributed by atoms with Gasteiger partial charge in [0.1, 0.15) is 6.61 Å². The van der Waals surface area contributed by atoms with E-state index in [1.54, 1.807) is 24.3 Å². The van der Waals surface area contributed by atoms with Crippen LogP contribution in [0.3, 0.4) is 0 Å². The Morgan fingerprint density at radius 3 is 2.69 bits per heavy atom. The standard InChI is InChI=1S/C18H19N3O4.ClH/c22-17(13-6-9-21(24)10-7-13)20-15-4-1-3-14(11-15)18(23)25-12-16-5-2-8-19-16;/h1,3-4,6-7,9-11,16,19H,2,5,8,12H2,(H,20,22);1H. The maximum atomic E-state index is 12.2. The van der Waals surface area contributed by atoms with Gasteiger partial charge in [0.2, 0.25) is 0 Å². The van der Waals surface area contributed by atoms with Gasteiger partial charge in [-0.15, -0.1) is 12.4 Å². The molecule has 26 heavy (non-hydrogen) atoms. The van der Waals surface area contributed by atoms with E-state index in [9.17, 15) is 14.8 Å². The molecule has 0 bridgehead atoms. The summed E-state index contributed by atoms with van der Waals surface area (Å²) in [6.45, 7) is 1.30. The Morgan fingerprint density at radius 2 is 2.00 bits per heavy atom. The number of aromatic nitrogens is 1. The molecule has 3 rings (SSSR count). The maximum absolute atomic E-state index is 12.2. The number of carbonyl (C=O) groups excluding carboxylic acids is 2. The van der Waals surface area contributed by atoms with Crippen molar-refractivity contribution in [3.05, 3.63) is 65.1 Å². The molecule has 1 atom stereocenters. The quantitative estimate of drug-likeness (QED) is 0.471. The Kier molecular flexibility index (Phi) is 6.94. The topological polar surface area (TPSA) is 94.4 Å². The zero-order valence-corrected chi connectivity index (χ0v) is 14.8. The Morgan fingerprint density at radius 1 is 1.23 bits per heavy atom. The molecule has 1 aromatic heterocycles. The summed E-state index contributed by atoms with van der Waals surface area (Å²) in [4.78, 5) is 24.3. The molecule has 1 aliphatic rings. The molecule has 138 valence electrons. The number of ether oxygens (including phenoxy) is 1. The zero-order valence-electron chi connectivity index (χ0n) is 14.0. The largest absolute Gasteiger partial charge is 0.619 e. The van der Waals surface area contributed by atoms with E-state index in [0.717, 1.165) is 19.4 Å². The normalized spacial score (nSPS) is 15.8. The summed E-state index contributed by atoms with van der Waals surface area (Å²) < 4.78 is 5.92. The van der Waals surface area contributed by atoms with Crippen molar-refractivity contribution in [2.24, 2.45) is 0 Å². The highest BCUT2D eigenvalue weighted by Crippen LogP contribution is 2.14. The van der Waals surface area contributed by atoms with Gasteiger partial charge in [0.05, 0.1) is 11.1 Å². The van der Waals surface area contributed by atoms with Crippen LogP contribution in [0.2, 0.25) is 0 Å². The van der Waals surface area contributed by atoms with Crippen LogP contribution in [0.25, 0.3) is 0 Å². The minimum atomic E-state index is -0.420. The fourth-order valence-corrected chi connectivity index (χ4v) is 2.65. The third-order valence-electron chi connectivity index (χ3n) is 4.00. The van der Waals surface area contributed by atoms with Crippen LogP contribution in [0.15, 0.2) is 48.8 Å². The number of rotatable bonds is 5. The van der Waals surface area contributed by atoms with E-state index in [-0.39, 0.29) is 24.4 Å². The summed E-state index contributed by atoms with van der Waals surface area (Å²) >= 11 is 0. The minimum Gasteiger partial charge on any atom is -0.619 e. The molecule has 0 radical (unpaired) electrons. The number of amides is 1. The first kappa shape index (κ1) is 19.7. The number of nitrogens with one attached hydrogen (secondary N) is 2.